The summed E-state index contributed by atoms with van der Waals surface area (Å²) in [4.78, 5) is 5.68. The topological polar surface area (TPSA) is 24.9 Å². The molecule has 66 valence electrons. The smallest absolute Gasteiger partial charge is 0.0943 e. The molecule has 0 aliphatic carbocycles. The van der Waals surface area contributed by atoms with E-state index in [0.29, 0.717) is 6.04 Å². The van der Waals surface area contributed by atoms with E-state index in [-0.39, 0.29) is 0 Å². The van der Waals surface area contributed by atoms with Crippen molar-refractivity contribution in [1.29, 1.82) is 0 Å². The maximum absolute atomic E-state index is 4.36. The second kappa shape index (κ2) is 3.54. The molecule has 3 heteroatoms. The van der Waals surface area contributed by atoms with Gasteiger partial charge in [-0.1, -0.05) is 0 Å². The highest BCUT2D eigenvalue weighted by Gasteiger charge is 2.15. The van der Waals surface area contributed by atoms with Crippen LogP contribution in [0, 0.1) is 6.92 Å². The van der Waals surface area contributed by atoms with E-state index in [1.807, 2.05) is 17.5 Å². The molecule has 1 N–H and O–H groups in total. The number of hydrogen-bond acceptors (Lipinski definition) is 3. The second-order valence-corrected chi connectivity index (χ2v) is 4.68. The van der Waals surface area contributed by atoms with Crippen LogP contribution in [-0.2, 0) is 6.42 Å². The van der Waals surface area contributed by atoms with Crippen LogP contribution in [-0.4, -0.2) is 17.6 Å². The van der Waals surface area contributed by atoms with Gasteiger partial charge in [0.1, 0.15) is 0 Å². The Labute approximate surface area is 77.0 Å². The Balaban J connectivity index is 1.94. The summed E-state index contributed by atoms with van der Waals surface area (Å²) in [5, 5.41) is 4.77. The van der Waals surface area contributed by atoms with Crippen molar-refractivity contribution in [2.45, 2.75) is 32.2 Å². The molecule has 0 aromatic carbocycles. The van der Waals surface area contributed by atoms with E-state index < -0.39 is 0 Å². The summed E-state index contributed by atoms with van der Waals surface area (Å²) in [5.74, 6) is 0. The highest BCUT2D eigenvalue weighted by molar-refractivity contribution is 7.11. The monoisotopic (exact) mass is 182 g/mol. The fourth-order valence-corrected chi connectivity index (χ4v) is 2.50. The number of nitrogens with zero attached hydrogens (tertiary/aromatic N) is 1. The van der Waals surface area contributed by atoms with E-state index in [4.69, 9.17) is 0 Å². The first-order chi connectivity index (χ1) is 5.84. The Hall–Kier alpha value is -0.410. The van der Waals surface area contributed by atoms with E-state index >= 15 is 0 Å². The van der Waals surface area contributed by atoms with Crippen molar-refractivity contribution >= 4 is 11.3 Å². The van der Waals surface area contributed by atoms with Crippen molar-refractivity contribution < 1.29 is 0 Å². The fraction of sp³-hybridized carbons (Fsp3) is 0.667. The number of aromatic nitrogens is 1. The normalized spacial score (nSPS) is 23.2. The molecule has 0 radical (unpaired) electrons. The largest absolute Gasteiger partial charge is 0.314 e. The van der Waals surface area contributed by atoms with E-state index in [0.717, 1.165) is 6.42 Å². The first-order valence-electron chi connectivity index (χ1n) is 4.49. The lowest BCUT2D eigenvalue weighted by Gasteiger charge is -2.05. The third kappa shape index (κ3) is 1.84. The molecule has 1 aliphatic heterocycles. The maximum atomic E-state index is 4.36. The molecular weight excluding hydrogens is 168 g/mol. The molecule has 0 amide bonds. The lowest BCUT2D eigenvalue weighted by atomic mass is 10.2. The molecule has 2 rings (SSSR count). The molecule has 1 unspecified atom stereocenters. The van der Waals surface area contributed by atoms with Gasteiger partial charge in [0.15, 0.2) is 0 Å². The van der Waals surface area contributed by atoms with Crippen LogP contribution in [0.3, 0.4) is 0 Å². The van der Waals surface area contributed by atoms with Gasteiger partial charge in [0.2, 0.25) is 0 Å². The van der Waals surface area contributed by atoms with Crippen molar-refractivity contribution in [2.24, 2.45) is 0 Å². The third-order valence-corrected chi connectivity index (χ3v) is 3.19. The van der Waals surface area contributed by atoms with Gasteiger partial charge in [-0.15, -0.1) is 11.3 Å². The minimum atomic E-state index is 0.690. The van der Waals surface area contributed by atoms with Crippen LogP contribution >= 0.6 is 11.3 Å². The Morgan fingerprint density at radius 2 is 2.67 bits per heavy atom. The van der Waals surface area contributed by atoms with E-state index in [1.54, 1.807) is 0 Å². The maximum Gasteiger partial charge on any atom is 0.0943 e. The van der Waals surface area contributed by atoms with Gasteiger partial charge >= 0.3 is 0 Å². The molecule has 12 heavy (non-hydrogen) atoms. The summed E-state index contributed by atoms with van der Waals surface area (Å²) in [5.41, 5.74) is 0. The van der Waals surface area contributed by atoms with Crippen molar-refractivity contribution in [3.8, 4) is 0 Å². The first kappa shape index (κ1) is 8.20. The zero-order valence-electron chi connectivity index (χ0n) is 7.34. The van der Waals surface area contributed by atoms with Gasteiger partial charge in [-0.05, 0) is 26.3 Å². The summed E-state index contributed by atoms with van der Waals surface area (Å²) in [6, 6.07) is 0.690. The lowest BCUT2D eigenvalue weighted by molar-refractivity contribution is 0.601. The molecular formula is C9H14N2S. The molecule has 0 bridgehead atoms. The predicted octanol–water partition coefficient (Wildman–Crippen LogP) is 1.75. The number of rotatable bonds is 2. The van der Waals surface area contributed by atoms with Crippen molar-refractivity contribution in [3.05, 3.63) is 16.1 Å². The minimum Gasteiger partial charge on any atom is -0.314 e. The van der Waals surface area contributed by atoms with Crippen LogP contribution in [0.1, 0.15) is 22.7 Å². The van der Waals surface area contributed by atoms with Gasteiger partial charge in [-0.25, -0.2) is 4.98 Å². The molecule has 1 atom stereocenters. The van der Waals surface area contributed by atoms with Crippen molar-refractivity contribution in [3.63, 3.8) is 0 Å². The quantitative estimate of drug-likeness (QED) is 0.753. The number of nitrogens with one attached hydrogen (secondary N) is 1. The van der Waals surface area contributed by atoms with Crippen LogP contribution in [0.2, 0.25) is 0 Å². The lowest BCUT2D eigenvalue weighted by Crippen LogP contribution is -2.23. The summed E-state index contributed by atoms with van der Waals surface area (Å²) in [6.45, 7) is 3.30. The van der Waals surface area contributed by atoms with Crippen LogP contribution in [0.4, 0.5) is 0 Å². The SMILES string of the molecule is Cc1cnc(CC2CCCN2)s1. The Kier molecular flexibility index (Phi) is 2.42. The molecule has 2 nitrogen and oxygen atoms in total. The van der Waals surface area contributed by atoms with Crippen molar-refractivity contribution in [2.75, 3.05) is 6.54 Å². The van der Waals surface area contributed by atoms with Crippen molar-refractivity contribution in [1.82, 2.24) is 10.3 Å². The highest BCUT2D eigenvalue weighted by Crippen LogP contribution is 2.16. The fourth-order valence-electron chi connectivity index (χ4n) is 1.64. The molecule has 0 spiro atoms. The van der Waals surface area contributed by atoms with E-state index in [2.05, 4.69) is 17.2 Å². The molecule has 2 heterocycles. The average Bonchev–Trinajstić information content (AvgIpc) is 2.63. The standard InChI is InChI=1S/C9H14N2S/c1-7-6-11-9(12-7)5-8-3-2-4-10-8/h6,8,10H,2-5H2,1H3. The summed E-state index contributed by atoms with van der Waals surface area (Å²) in [6.07, 6.45) is 5.74. The Morgan fingerprint density at radius 3 is 3.25 bits per heavy atom. The summed E-state index contributed by atoms with van der Waals surface area (Å²) < 4.78 is 0. The van der Waals surface area contributed by atoms with Gasteiger partial charge in [0, 0.05) is 23.5 Å². The molecule has 1 fully saturated rings. The number of thiazole rings is 1. The summed E-state index contributed by atoms with van der Waals surface area (Å²) in [7, 11) is 0. The van der Waals surface area contributed by atoms with E-state index in [9.17, 15) is 0 Å². The highest BCUT2D eigenvalue weighted by atomic mass is 32.1. The van der Waals surface area contributed by atoms with Gasteiger partial charge in [-0.2, -0.15) is 0 Å². The predicted molar refractivity (Wildman–Crippen MR) is 51.6 cm³/mol. The second-order valence-electron chi connectivity index (χ2n) is 3.36. The van der Waals surface area contributed by atoms with Gasteiger partial charge < -0.3 is 5.32 Å². The van der Waals surface area contributed by atoms with Crippen LogP contribution < -0.4 is 5.32 Å². The number of aryl methyl sites for hydroxylation is 1. The minimum absolute atomic E-state index is 0.690. The average molecular weight is 182 g/mol. The molecule has 1 saturated heterocycles. The van der Waals surface area contributed by atoms with Gasteiger partial charge in [0.05, 0.1) is 5.01 Å². The van der Waals surface area contributed by atoms with Gasteiger partial charge in [0.25, 0.3) is 0 Å². The van der Waals surface area contributed by atoms with Gasteiger partial charge in [-0.3, -0.25) is 0 Å². The van der Waals surface area contributed by atoms with Crippen LogP contribution in [0.25, 0.3) is 0 Å². The van der Waals surface area contributed by atoms with Crippen LogP contribution in [0.15, 0.2) is 6.20 Å². The molecule has 0 saturated carbocycles. The first-order valence-corrected chi connectivity index (χ1v) is 5.31. The Morgan fingerprint density at radius 1 is 1.75 bits per heavy atom. The molecule has 1 aromatic heterocycles. The zero-order chi connectivity index (χ0) is 8.39. The third-order valence-electron chi connectivity index (χ3n) is 2.25. The molecule has 1 aromatic rings. The number of hydrogen-bond donors (Lipinski definition) is 1. The van der Waals surface area contributed by atoms with E-state index in [1.165, 1.54) is 29.3 Å². The zero-order valence-corrected chi connectivity index (χ0v) is 8.16. The Bertz CT molecular complexity index is 251. The molecule has 1 aliphatic rings. The summed E-state index contributed by atoms with van der Waals surface area (Å²) >= 11 is 1.82. The van der Waals surface area contributed by atoms with Crippen LogP contribution in [0.5, 0.6) is 0 Å².